The van der Waals surface area contributed by atoms with Crippen molar-refractivity contribution in [1.29, 1.82) is 0 Å². The molecular weight excluding hydrogens is 558 g/mol. The Kier molecular flexibility index (Phi) is 8.98. The van der Waals surface area contributed by atoms with E-state index >= 15 is 0 Å². The molecule has 1 aliphatic carbocycles. The Labute approximate surface area is 236 Å². The molecule has 2 aromatic carbocycles. The largest absolute Gasteiger partial charge is 0.462 e. The Hall–Kier alpha value is -5.18. The van der Waals surface area contributed by atoms with Gasteiger partial charge in [0, 0.05) is 10.9 Å². The number of aryl methyl sites for hydroxylation is 1. The van der Waals surface area contributed by atoms with E-state index in [1.54, 1.807) is 6.92 Å². The number of non-ortho nitro benzene ring substituents is 1. The molecule has 0 aliphatic heterocycles. The quantitative estimate of drug-likeness (QED) is 0.120. The van der Waals surface area contributed by atoms with Crippen LogP contribution < -0.4 is 15.5 Å². The number of benzene rings is 2. The standard InChI is InChI=1S/C26H23N5O9S/c1-2-39-26(34)22-18-5-3-4-6-21(18)41-25(22)28-23(32)24(33)29-27-14-15-7-10-17(11-8-15)40-20-12-9-16(30(35)36)13-19(20)31(37)38/h7-14H,2-6H2,1H3,(H,28,32)(H,29,33)/b27-14+. The van der Waals surface area contributed by atoms with Crippen molar-refractivity contribution >= 4 is 51.7 Å². The number of nitrogens with zero attached hydrogens (tertiary/aromatic N) is 3. The van der Waals surface area contributed by atoms with Gasteiger partial charge < -0.3 is 14.8 Å². The molecule has 0 saturated heterocycles. The minimum atomic E-state index is -1.05. The summed E-state index contributed by atoms with van der Waals surface area (Å²) in [6, 6.07) is 9.03. The van der Waals surface area contributed by atoms with Gasteiger partial charge in [-0.05, 0) is 74.1 Å². The van der Waals surface area contributed by atoms with E-state index in [-0.39, 0.29) is 28.7 Å². The fraction of sp³-hybridized carbons (Fsp3) is 0.231. The van der Waals surface area contributed by atoms with E-state index in [0.29, 0.717) is 12.0 Å². The molecular formula is C26H23N5O9S. The highest BCUT2D eigenvalue weighted by Crippen LogP contribution is 2.38. The topological polar surface area (TPSA) is 192 Å². The molecule has 1 aliphatic rings. The second kappa shape index (κ2) is 12.8. The van der Waals surface area contributed by atoms with Gasteiger partial charge in [-0.2, -0.15) is 5.10 Å². The highest BCUT2D eigenvalue weighted by molar-refractivity contribution is 7.17. The van der Waals surface area contributed by atoms with E-state index in [1.165, 1.54) is 41.8 Å². The van der Waals surface area contributed by atoms with Gasteiger partial charge in [-0.1, -0.05) is 0 Å². The number of amides is 2. The highest BCUT2D eigenvalue weighted by atomic mass is 32.1. The van der Waals surface area contributed by atoms with Crippen LogP contribution >= 0.6 is 11.3 Å². The number of fused-ring (bicyclic) bond motifs is 1. The van der Waals surface area contributed by atoms with E-state index in [0.717, 1.165) is 47.9 Å². The zero-order chi connectivity index (χ0) is 29.5. The van der Waals surface area contributed by atoms with Crippen molar-refractivity contribution in [2.75, 3.05) is 11.9 Å². The summed E-state index contributed by atoms with van der Waals surface area (Å²) in [6.07, 6.45) is 4.64. The smallest absolute Gasteiger partial charge is 0.341 e. The molecule has 0 bridgehead atoms. The number of thiophene rings is 1. The monoisotopic (exact) mass is 581 g/mol. The van der Waals surface area contributed by atoms with Gasteiger partial charge in [0.15, 0.2) is 0 Å². The van der Waals surface area contributed by atoms with Crippen LogP contribution in [-0.4, -0.2) is 40.5 Å². The normalized spacial score (nSPS) is 12.3. The lowest BCUT2D eigenvalue weighted by Crippen LogP contribution is -2.32. The highest BCUT2D eigenvalue weighted by Gasteiger charge is 2.28. The number of anilines is 1. The molecule has 1 aromatic heterocycles. The number of nitro groups is 2. The summed E-state index contributed by atoms with van der Waals surface area (Å²) in [6.45, 7) is 1.86. The maximum atomic E-state index is 12.5. The Morgan fingerprint density at radius 1 is 1.02 bits per heavy atom. The van der Waals surface area contributed by atoms with Crippen LogP contribution in [0.15, 0.2) is 47.6 Å². The summed E-state index contributed by atoms with van der Waals surface area (Å²) < 4.78 is 10.6. The first-order valence-corrected chi connectivity index (χ1v) is 13.2. The SMILES string of the molecule is CCOC(=O)c1c(NC(=O)C(=O)N/N=C/c2ccc(Oc3ccc([N+](=O)[O-])cc3[N+](=O)[O-])cc2)sc2c1CCCC2. The van der Waals surface area contributed by atoms with Crippen LogP contribution in [0.1, 0.15) is 46.1 Å². The zero-order valence-corrected chi connectivity index (χ0v) is 22.4. The van der Waals surface area contributed by atoms with Crippen LogP contribution in [0.4, 0.5) is 16.4 Å². The second-order valence-corrected chi connectivity index (χ2v) is 9.73. The average molecular weight is 582 g/mol. The summed E-state index contributed by atoms with van der Waals surface area (Å²) in [5, 5.41) is 28.7. The van der Waals surface area contributed by atoms with Gasteiger partial charge in [0.25, 0.3) is 5.69 Å². The average Bonchev–Trinajstić information content (AvgIpc) is 3.31. The van der Waals surface area contributed by atoms with Gasteiger partial charge in [-0.15, -0.1) is 11.3 Å². The third-order valence-corrected chi connectivity index (χ3v) is 7.13. The molecule has 0 spiro atoms. The van der Waals surface area contributed by atoms with Gasteiger partial charge >= 0.3 is 23.5 Å². The Morgan fingerprint density at radius 2 is 1.76 bits per heavy atom. The molecule has 3 aromatic rings. The molecule has 4 rings (SSSR count). The van der Waals surface area contributed by atoms with Gasteiger partial charge in [-0.3, -0.25) is 29.8 Å². The van der Waals surface area contributed by atoms with Crippen molar-refractivity contribution in [3.05, 3.63) is 84.3 Å². The molecule has 0 fully saturated rings. The molecule has 0 radical (unpaired) electrons. The van der Waals surface area contributed by atoms with E-state index in [9.17, 15) is 34.6 Å². The molecule has 41 heavy (non-hydrogen) atoms. The Bertz CT molecular complexity index is 1550. The number of esters is 1. The Balaban J connectivity index is 1.37. The first-order valence-electron chi connectivity index (χ1n) is 12.3. The van der Waals surface area contributed by atoms with E-state index in [4.69, 9.17) is 9.47 Å². The summed E-state index contributed by atoms with van der Waals surface area (Å²) in [5.41, 5.74) is 2.74. The molecule has 2 amide bonds. The van der Waals surface area contributed by atoms with Crippen molar-refractivity contribution < 1.29 is 33.7 Å². The minimum absolute atomic E-state index is 0.177. The maximum absolute atomic E-state index is 12.5. The predicted octanol–water partition coefficient (Wildman–Crippen LogP) is 4.50. The van der Waals surface area contributed by atoms with Crippen molar-refractivity contribution in [1.82, 2.24) is 5.43 Å². The van der Waals surface area contributed by atoms with Gasteiger partial charge in [0.2, 0.25) is 5.75 Å². The molecule has 0 atom stereocenters. The van der Waals surface area contributed by atoms with Crippen LogP contribution in [-0.2, 0) is 27.2 Å². The molecule has 0 saturated carbocycles. The van der Waals surface area contributed by atoms with E-state index in [2.05, 4.69) is 15.8 Å². The number of hydrazone groups is 1. The van der Waals surface area contributed by atoms with Crippen molar-refractivity contribution in [2.24, 2.45) is 5.10 Å². The summed E-state index contributed by atoms with van der Waals surface area (Å²) in [4.78, 5) is 59.0. The summed E-state index contributed by atoms with van der Waals surface area (Å²) in [7, 11) is 0. The number of ether oxygens (including phenoxy) is 2. The summed E-state index contributed by atoms with van der Waals surface area (Å²) in [5.74, 6) is -2.57. The third kappa shape index (κ3) is 6.88. The lowest BCUT2D eigenvalue weighted by atomic mass is 9.95. The number of nitro benzene ring substituents is 2. The van der Waals surface area contributed by atoms with Crippen LogP contribution in [0.25, 0.3) is 0 Å². The molecule has 0 unspecified atom stereocenters. The minimum Gasteiger partial charge on any atom is -0.462 e. The fourth-order valence-electron chi connectivity index (χ4n) is 4.05. The number of hydrogen-bond donors (Lipinski definition) is 2. The molecule has 14 nitrogen and oxygen atoms in total. The number of carbonyl (C=O) groups excluding carboxylic acids is 3. The van der Waals surface area contributed by atoms with Gasteiger partial charge in [0.1, 0.15) is 10.8 Å². The number of hydrogen-bond acceptors (Lipinski definition) is 11. The van der Waals surface area contributed by atoms with Crippen LogP contribution in [0.2, 0.25) is 0 Å². The van der Waals surface area contributed by atoms with Crippen LogP contribution in [0, 0.1) is 20.2 Å². The number of carbonyl (C=O) groups is 3. The van der Waals surface area contributed by atoms with Gasteiger partial charge in [-0.25, -0.2) is 10.2 Å². The van der Waals surface area contributed by atoms with Crippen molar-refractivity contribution in [2.45, 2.75) is 32.6 Å². The van der Waals surface area contributed by atoms with Crippen LogP contribution in [0.5, 0.6) is 11.5 Å². The number of nitrogens with one attached hydrogen (secondary N) is 2. The zero-order valence-electron chi connectivity index (χ0n) is 21.6. The number of rotatable bonds is 9. The lowest BCUT2D eigenvalue weighted by Gasteiger charge is -2.12. The predicted molar refractivity (Wildman–Crippen MR) is 148 cm³/mol. The molecule has 2 N–H and O–H groups in total. The molecule has 1 heterocycles. The maximum Gasteiger partial charge on any atom is 0.341 e. The third-order valence-electron chi connectivity index (χ3n) is 5.92. The van der Waals surface area contributed by atoms with Crippen molar-refractivity contribution in [3.63, 3.8) is 0 Å². The molecule has 15 heteroatoms. The van der Waals surface area contributed by atoms with Crippen LogP contribution in [0.3, 0.4) is 0 Å². The first-order chi connectivity index (χ1) is 19.7. The lowest BCUT2D eigenvalue weighted by molar-refractivity contribution is -0.394. The second-order valence-electron chi connectivity index (χ2n) is 8.63. The summed E-state index contributed by atoms with van der Waals surface area (Å²) >= 11 is 1.26. The Morgan fingerprint density at radius 3 is 2.44 bits per heavy atom. The fourth-order valence-corrected chi connectivity index (χ4v) is 5.32. The van der Waals surface area contributed by atoms with Crippen molar-refractivity contribution in [3.8, 4) is 11.5 Å². The first kappa shape index (κ1) is 28.8. The van der Waals surface area contributed by atoms with E-state index < -0.39 is 39.0 Å². The molecule has 212 valence electrons. The van der Waals surface area contributed by atoms with E-state index in [1.807, 2.05) is 0 Å². The van der Waals surface area contributed by atoms with Gasteiger partial charge in [0.05, 0.1) is 34.3 Å².